The average Bonchev–Trinajstić information content (AvgIpc) is 2.96. The lowest BCUT2D eigenvalue weighted by Crippen LogP contribution is -2.43. The van der Waals surface area contributed by atoms with Gasteiger partial charge in [-0.2, -0.15) is 5.26 Å². The van der Waals surface area contributed by atoms with Crippen LogP contribution in [0.4, 0.5) is 5.69 Å². The van der Waals surface area contributed by atoms with Gasteiger partial charge in [-0.25, -0.2) is 0 Å². The number of hydrogen-bond acceptors (Lipinski definition) is 7. The van der Waals surface area contributed by atoms with Crippen molar-refractivity contribution in [2.45, 2.75) is 70.6 Å². The first kappa shape index (κ1) is 32.8. The maximum Gasteiger partial charge on any atom is 0.425 e. The van der Waals surface area contributed by atoms with Gasteiger partial charge in [0.1, 0.15) is 5.75 Å². The summed E-state index contributed by atoms with van der Waals surface area (Å²) >= 11 is 5.90. The summed E-state index contributed by atoms with van der Waals surface area (Å²) in [7, 11) is 0. The van der Waals surface area contributed by atoms with Crippen molar-refractivity contribution in [3.05, 3.63) is 53.8 Å². The van der Waals surface area contributed by atoms with Crippen LogP contribution in [0.3, 0.4) is 0 Å². The number of guanidine groups is 1. The van der Waals surface area contributed by atoms with Gasteiger partial charge in [0, 0.05) is 23.7 Å². The van der Waals surface area contributed by atoms with Crippen LogP contribution in [0.1, 0.15) is 70.6 Å². The largest absolute Gasteiger partial charge is 0.494 e. The fourth-order valence-corrected chi connectivity index (χ4v) is 4.19. The highest BCUT2D eigenvalue weighted by Crippen LogP contribution is 2.17. The second-order valence-electron chi connectivity index (χ2n) is 9.26. The van der Waals surface area contributed by atoms with E-state index in [-0.39, 0.29) is 5.96 Å². The third-order valence-electron chi connectivity index (χ3n) is 6.22. The number of benzene rings is 1. The highest BCUT2D eigenvalue weighted by atomic mass is 35.5. The number of nitrogens with two attached hydrogens (primary N) is 2. The van der Waals surface area contributed by atoms with Gasteiger partial charge >= 0.3 is 6.41 Å². The molecule has 1 heterocycles. The number of nitrogens with zero attached hydrogens (tertiary/aromatic N) is 4. The van der Waals surface area contributed by atoms with E-state index in [2.05, 4.69) is 4.99 Å². The molecule has 0 aliphatic heterocycles. The van der Waals surface area contributed by atoms with Crippen molar-refractivity contribution in [3.63, 3.8) is 0 Å². The quantitative estimate of drug-likeness (QED) is 0.0412. The fourth-order valence-electron chi connectivity index (χ4n) is 4.07. The molecule has 2 aromatic rings. The van der Waals surface area contributed by atoms with Crippen molar-refractivity contribution in [1.82, 2.24) is 0 Å². The van der Waals surface area contributed by atoms with Gasteiger partial charge in [-0.3, -0.25) is 9.53 Å². The number of nitriles is 1. The Balaban J connectivity index is 1.82. The molecule has 0 fully saturated rings. The second-order valence-corrected chi connectivity index (χ2v) is 9.70. The van der Waals surface area contributed by atoms with Crippen molar-refractivity contribution in [3.8, 4) is 11.9 Å². The van der Waals surface area contributed by atoms with Crippen molar-refractivity contribution >= 4 is 29.7 Å². The van der Waals surface area contributed by atoms with Gasteiger partial charge in [0.2, 0.25) is 12.2 Å². The molecule has 0 aliphatic carbocycles. The van der Waals surface area contributed by atoms with Gasteiger partial charge < -0.3 is 25.8 Å². The van der Waals surface area contributed by atoms with E-state index in [9.17, 15) is 4.79 Å². The van der Waals surface area contributed by atoms with Crippen molar-refractivity contribution < 1.29 is 23.6 Å². The van der Waals surface area contributed by atoms with Gasteiger partial charge in [0.05, 0.1) is 18.9 Å². The Morgan fingerprint density at radius 1 is 0.975 bits per heavy atom. The van der Waals surface area contributed by atoms with Gasteiger partial charge in [0.15, 0.2) is 12.4 Å². The predicted molar refractivity (Wildman–Crippen MR) is 156 cm³/mol. The fraction of sp³-hybridized carbons (Fsp3) is 0.517. The van der Waals surface area contributed by atoms with E-state index in [1.54, 1.807) is 40.2 Å². The number of carbonyl (C=O) groups excluding carboxylic acids is 1. The van der Waals surface area contributed by atoms with Crippen LogP contribution < -0.4 is 25.7 Å². The van der Waals surface area contributed by atoms with Crippen LogP contribution in [0.2, 0.25) is 5.02 Å². The van der Waals surface area contributed by atoms with Gasteiger partial charge in [-0.15, -0.1) is 9.56 Å². The molecule has 40 heavy (non-hydrogen) atoms. The van der Waals surface area contributed by atoms with Gasteiger partial charge in [0.25, 0.3) is 6.47 Å². The molecule has 0 saturated carbocycles. The number of pyridine rings is 1. The minimum Gasteiger partial charge on any atom is -0.494 e. The molecule has 0 radical (unpaired) electrons. The van der Waals surface area contributed by atoms with Crippen LogP contribution in [0.25, 0.3) is 0 Å². The summed E-state index contributed by atoms with van der Waals surface area (Å²) in [6, 6.07) is 11.0. The maximum atomic E-state index is 11.0. The summed E-state index contributed by atoms with van der Waals surface area (Å²) < 4.78 is 18.3. The normalized spacial score (nSPS) is 12.0. The molecule has 0 saturated heterocycles. The molecule has 0 bridgehead atoms. The minimum absolute atomic E-state index is 0.120. The number of halogens is 1. The zero-order valence-corrected chi connectivity index (χ0v) is 23.9. The summed E-state index contributed by atoms with van der Waals surface area (Å²) in [5.74, 6) is 0.923. The number of hydrogen-bond donors (Lipinski definition) is 2. The Hall–Kier alpha value is -3.39. The SMILES string of the molecule is N#CN=C(N)N(CCCCCCOc1ccc(Cl)cc1)c1cc[n+](C(OC=O)OCCCCCCCCN)cc1. The molecule has 1 aromatic carbocycles. The molecule has 11 heteroatoms. The summed E-state index contributed by atoms with van der Waals surface area (Å²) in [5, 5.41) is 9.70. The van der Waals surface area contributed by atoms with E-state index < -0.39 is 6.41 Å². The van der Waals surface area contributed by atoms with E-state index in [4.69, 9.17) is 42.5 Å². The smallest absolute Gasteiger partial charge is 0.425 e. The van der Waals surface area contributed by atoms with Crippen LogP contribution in [0.5, 0.6) is 5.75 Å². The van der Waals surface area contributed by atoms with Crippen molar-refractivity contribution in [2.24, 2.45) is 16.5 Å². The zero-order valence-electron chi connectivity index (χ0n) is 23.1. The number of ether oxygens (including phenoxy) is 3. The molecular weight excluding hydrogens is 532 g/mol. The molecule has 0 amide bonds. The standard InChI is InChI=1S/C29H42ClN6O4/c30-25-11-13-27(14-12-25)38-21-9-6-4-8-18-36(28(33)34-23-32)26-15-19-35(20-16-26)29(40-24-37)39-22-10-5-2-1-3-7-17-31/h11-16,19-20,24,29H,1-10,17-18,21-22,31H2,(H2,33,34)/q+1. The molecule has 1 unspecified atom stereocenters. The summed E-state index contributed by atoms with van der Waals surface area (Å²) in [6.45, 7) is 2.81. The minimum atomic E-state index is -0.863. The highest BCUT2D eigenvalue weighted by molar-refractivity contribution is 6.30. The molecule has 0 spiro atoms. The first-order valence-electron chi connectivity index (χ1n) is 13.9. The lowest BCUT2D eigenvalue weighted by Gasteiger charge is -2.22. The molecule has 1 aromatic heterocycles. The average molecular weight is 574 g/mol. The van der Waals surface area contributed by atoms with Crippen LogP contribution in [-0.2, 0) is 14.3 Å². The summed E-state index contributed by atoms with van der Waals surface area (Å²) in [6.07, 6.45) is 14.5. The lowest BCUT2D eigenvalue weighted by molar-refractivity contribution is -0.798. The van der Waals surface area contributed by atoms with Crippen molar-refractivity contribution in [1.29, 1.82) is 5.26 Å². The Labute approximate surface area is 242 Å². The molecular formula is C29H42ClN6O4+. The number of aliphatic imine (C=N–C) groups is 1. The zero-order chi connectivity index (χ0) is 28.8. The van der Waals surface area contributed by atoms with Gasteiger partial charge in [-0.05, 0) is 56.5 Å². The number of carbonyl (C=O) groups is 1. The van der Waals surface area contributed by atoms with E-state index >= 15 is 0 Å². The molecule has 10 nitrogen and oxygen atoms in total. The van der Waals surface area contributed by atoms with E-state index in [1.165, 1.54) is 0 Å². The molecule has 0 aliphatic rings. The third-order valence-corrected chi connectivity index (χ3v) is 6.47. The lowest BCUT2D eigenvalue weighted by atomic mass is 10.1. The Morgan fingerprint density at radius 3 is 2.25 bits per heavy atom. The number of unbranched alkanes of at least 4 members (excludes halogenated alkanes) is 8. The van der Waals surface area contributed by atoms with E-state index in [1.807, 2.05) is 24.3 Å². The molecule has 218 valence electrons. The summed E-state index contributed by atoms with van der Waals surface area (Å²) in [5.41, 5.74) is 12.4. The van der Waals surface area contributed by atoms with E-state index in [0.717, 1.165) is 82.2 Å². The molecule has 1 atom stereocenters. The van der Waals surface area contributed by atoms with Crippen LogP contribution >= 0.6 is 11.6 Å². The Morgan fingerprint density at radius 2 is 1.60 bits per heavy atom. The first-order chi connectivity index (χ1) is 19.6. The highest BCUT2D eigenvalue weighted by Gasteiger charge is 2.21. The second kappa shape index (κ2) is 20.5. The van der Waals surface area contributed by atoms with Crippen LogP contribution in [-0.4, -0.2) is 38.7 Å². The first-order valence-corrected chi connectivity index (χ1v) is 14.3. The Kier molecular flexibility index (Phi) is 16.8. The van der Waals surface area contributed by atoms with Crippen LogP contribution in [0.15, 0.2) is 53.8 Å². The number of aromatic nitrogens is 1. The molecule has 2 rings (SSSR count). The Bertz CT molecular complexity index is 1030. The number of rotatable bonds is 21. The maximum absolute atomic E-state index is 11.0. The predicted octanol–water partition coefficient (Wildman–Crippen LogP) is 4.81. The van der Waals surface area contributed by atoms with Crippen molar-refractivity contribution in [2.75, 3.05) is 31.2 Å². The summed E-state index contributed by atoms with van der Waals surface area (Å²) in [4.78, 5) is 16.6. The van der Waals surface area contributed by atoms with Crippen LogP contribution in [0, 0.1) is 11.5 Å². The monoisotopic (exact) mass is 573 g/mol. The number of anilines is 1. The topological polar surface area (TPSA) is 140 Å². The van der Waals surface area contributed by atoms with Gasteiger partial charge in [-0.1, -0.05) is 50.1 Å². The molecule has 4 N–H and O–H groups in total. The third kappa shape index (κ3) is 13.1. The van der Waals surface area contributed by atoms with E-state index in [0.29, 0.717) is 31.3 Å².